The van der Waals surface area contributed by atoms with Crippen LogP contribution in [-0.2, 0) is 16.2 Å². The average Bonchev–Trinajstić information content (AvgIpc) is 2.90. The Bertz CT molecular complexity index is 998. The van der Waals surface area contributed by atoms with Crippen LogP contribution < -0.4 is 4.72 Å². The van der Waals surface area contributed by atoms with E-state index in [-0.39, 0.29) is 10.7 Å². The zero-order valence-electron chi connectivity index (χ0n) is 11.7. The van der Waals surface area contributed by atoms with E-state index < -0.39 is 21.8 Å². The Morgan fingerprint density at radius 2 is 1.92 bits per heavy atom. The van der Waals surface area contributed by atoms with Gasteiger partial charge >= 0.3 is 6.18 Å². The van der Waals surface area contributed by atoms with E-state index >= 15 is 0 Å². The highest BCUT2D eigenvalue weighted by Crippen LogP contribution is 2.30. The van der Waals surface area contributed by atoms with Crippen LogP contribution in [0, 0.1) is 0 Å². The fraction of sp³-hybridized carbons (Fsp3) is 0.0714. The fourth-order valence-corrected chi connectivity index (χ4v) is 3.47. The molecule has 24 heavy (non-hydrogen) atoms. The molecular weight excluding hydrogens is 367 g/mol. The van der Waals surface area contributed by atoms with E-state index in [0.717, 1.165) is 12.1 Å². The number of H-pyrrole nitrogens is 1. The van der Waals surface area contributed by atoms with Gasteiger partial charge in [0.05, 0.1) is 5.56 Å². The summed E-state index contributed by atoms with van der Waals surface area (Å²) < 4.78 is 64.5. The molecule has 1 aromatic carbocycles. The van der Waals surface area contributed by atoms with Crippen molar-refractivity contribution in [1.82, 2.24) is 9.97 Å². The Labute approximate surface area is 139 Å². The molecule has 0 radical (unpaired) electrons. The molecule has 2 N–H and O–H groups in total. The van der Waals surface area contributed by atoms with Crippen LogP contribution in [0.5, 0.6) is 0 Å². The number of nitrogens with one attached hydrogen (secondary N) is 2. The molecule has 0 atom stereocenters. The van der Waals surface area contributed by atoms with Crippen LogP contribution in [0.1, 0.15) is 5.56 Å². The number of fused-ring (bicyclic) bond motifs is 1. The summed E-state index contributed by atoms with van der Waals surface area (Å²) in [5.74, 6) is -0.216. The molecule has 0 aliphatic carbocycles. The molecule has 126 valence electrons. The number of hydrogen-bond acceptors (Lipinski definition) is 3. The minimum absolute atomic E-state index is 0.0594. The predicted molar refractivity (Wildman–Crippen MR) is 83.4 cm³/mol. The number of benzene rings is 1. The number of halogens is 4. The third-order valence-corrected chi connectivity index (χ3v) is 4.85. The molecule has 2 aromatic heterocycles. The van der Waals surface area contributed by atoms with Crippen LogP contribution >= 0.6 is 11.6 Å². The lowest BCUT2D eigenvalue weighted by atomic mass is 10.2. The lowest BCUT2D eigenvalue weighted by Gasteiger charge is -2.09. The summed E-state index contributed by atoms with van der Waals surface area (Å²) >= 11 is 5.84. The van der Waals surface area contributed by atoms with Gasteiger partial charge in [0.1, 0.15) is 10.7 Å². The summed E-state index contributed by atoms with van der Waals surface area (Å²) in [5.41, 5.74) is -0.449. The minimum Gasteiger partial charge on any atom is -0.360 e. The molecule has 3 aromatic rings. The molecular formula is C14H9ClF3N3O2S. The van der Waals surface area contributed by atoms with Crippen molar-refractivity contribution < 1.29 is 21.6 Å². The van der Waals surface area contributed by atoms with Crippen molar-refractivity contribution in [3.05, 3.63) is 53.3 Å². The average molecular weight is 376 g/mol. The maximum Gasteiger partial charge on any atom is 0.417 e. The standard InChI is InChI=1S/C14H9ClF3N3O2S/c15-9-2-3-10-11(5-9)19-7-12(10)24(22,23)21-13-4-1-8(6-20-13)14(16,17)18/h1-7,19H,(H,20,21). The number of hydrogen-bond donors (Lipinski definition) is 2. The summed E-state index contributed by atoms with van der Waals surface area (Å²) in [7, 11) is -4.03. The summed E-state index contributed by atoms with van der Waals surface area (Å²) in [6, 6.07) is 6.33. The number of anilines is 1. The van der Waals surface area contributed by atoms with E-state index in [1.165, 1.54) is 18.3 Å². The molecule has 0 fully saturated rings. The van der Waals surface area contributed by atoms with Crippen LogP contribution in [0.2, 0.25) is 5.02 Å². The first kappa shape index (κ1) is 16.6. The van der Waals surface area contributed by atoms with Gasteiger partial charge in [-0.2, -0.15) is 13.2 Å². The van der Waals surface area contributed by atoms with Crippen molar-refractivity contribution >= 4 is 38.3 Å². The second-order valence-corrected chi connectivity index (χ2v) is 6.97. The monoisotopic (exact) mass is 375 g/mol. The Morgan fingerprint density at radius 3 is 2.54 bits per heavy atom. The van der Waals surface area contributed by atoms with E-state index in [4.69, 9.17) is 11.6 Å². The van der Waals surface area contributed by atoms with Gasteiger partial charge in [-0.25, -0.2) is 13.4 Å². The molecule has 0 amide bonds. The van der Waals surface area contributed by atoms with Crippen molar-refractivity contribution in [2.75, 3.05) is 4.72 Å². The van der Waals surface area contributed by atoms with Gasteiger partial charge in [-0.15, -0.1) is 0 Å². The molecule has 2 heterocycles. The van der Waals surface area contributed by atoms with Crippen LogP contribution in [0.3, 0.4) is 0 Å². The van der Waals surface area contributed by atoms with Crippen molar-refractivity contribution in [1.29, 1.82) is 0 Å². The fourth-order valence-electron chi connectivity index (χ4n) is 2.11. The van der Waals surface area contributed by atoms with Gasteiger partial charge in [-0.3, -0.25) is 4.72 Å². The molecule has 0 spiro atoms. The number of aromatic amines is 1. The number of nitrogens with zero attached hydrogens (tertiary/aromatic N) is 1. The van der Waals surface area contributed by atoms with Gasteiger partial charge in [0.2, 0.25) is 0 Å². The van der Waals surface area contributed by atoms with Crippen LogP contribution in [0.15, 0.2) is 47.6 Å². The number of pyridine rings is 1. The van der Waals surface area contributed by atoms with Gasteiger partial charge in [0.25, 0.3) is 10.0 Å². The second kappa shape index (κ2) is 5.67. The number of aromatic nitrogens is 2. The molecule has 0 unspecified atom stereocenters. The van der Waals surface area contributed by atoms with Crippen molar-refractivity contribution in [3.63, 3.8) is 0 Å². The normalized spacial score (nSPS) is 12.5. The van der Waals surface area contributed by atoms with Crippen LogP contribution in [0.4, 0.5) is 19.0 Å². The van der Waals surface area contributed by atoms with Crippen LogP contribution in [0.25, 0.3) is 10.9 Å². The molecule has 0 saturated carbocycles. The largest absolute Gasteiger partial charge is 0.417 e. The number of alkyl halides is 3. The smallest absolute Gasteiger partial charge is 0.360 e. The Balaban J connectivity index is 1.93. The number of sulfonamides is 1. The Kier molecular flexibility index (Phi) is 3.92. The lowest BCUT2D eigenvalue weighted by Crippen LogP contribution is -2.14. The molecule has 0 aliphatic rings. The third-order valence-electron chi connectivity index (χ3n) is 3.23. The van der Waals surface area contributed by atoms with E-state index in [1.807, 2.05) is 0 Å². The van der Waals surface area contributed by atoms with Gasteiger partial charge in [0.15, 0.2) is 0 Å². The number of rotatable bonds is 3. The first-order chi connectivity index (χ1) is 11.2. The topological polar surface area (TPSA) is 74.8 Å². The minimum atomic E-state index is -4.54. The van der Waals surface area contributed by atoms with Crippen molar-refractivity contribution in [2.45, 2.75) is 11.1 Å². The van der Waals surface area contributed by atoms with Crippen molar-refractivity contribution in [3.8, 4) is 0 Å². The van der Waals surface area contributed by atoms with Gasteiger partial charge in [-0.05, 0) is 30.3 Å². The van der Waals surface area contributed by atoms with Gasteiger partial charge in [0, 0.05) is 28.3 Å². The molecule has 0 aliphatic heterocycles. The lowest BCUT2D eigenvalue weighted by molar-refractivity contribution is -0.137. The van der Waals surface area contributed by atoms with E-state index in [1.54, 1.807) is 6.07 Å². The highest BCUT2D eigenvalue weighted by Gasteiger charge is 2.31. The third kappa shape index (κ3) is 3.17. The molecule has 5 nitrogen and oxygen atoms in total. The SMILES string of the molecule is O=S(=O)(Nc1ccc(C(F)(F)F)cn1)c1c[nH]c2cc(Cl)ccc12. The maximum absolute atomic E-state index is 12.5. The summed E-state index contributed by atoms with van der Waals surface area (Å²) in [5, 5.41) is 0.837. The summed E-state index contributed by atoms with van der Waals surface area (Å²) in [6.45, 7) is 0. The van der Waals surface area contributed by atoms with Gasteiger partial charge < -0.3 is 4.98 Å². The van der Waals surface area contributed by atoms with E-state index in [2.05, 4.69) is 14.7 Å². The first-order valence-corrected chi connectivity index (χ1v) is 8.36. The molecule has 3 rings (SSSR count). The highest BCUT2D eigenvalue weighted by atomic mass is 35.5. The highest BCUT2D eigenvalue weighted by molar-refractivity contribution is 7.93. The quantitative estimate of drug-likeness (QED) is 0.725. The Hall–Kier alpha value is -2.26. The van der Waals surface area contributed by atoms with E-state index in [9.17, 15) is 21.6 Å². The maximum atomic E-state index is 12.5. The molecule has 10 heteroatoms. The van der Waals surface area contributed by atoms with Gasteiger partial charge in [-0.1, -0.05) is 11.6 Å². The summed E-state index contributed by atoms with van der Waals surface area (Å²) in [6.07, 6.45) is -2.71. The zero-order chi connectivity index (χ0) is 17.5. The second-order valence-electron chi connectivity index (χ2n) is 4.88. The Morgan fingerprint density at radius 1 is 1.17 bits per heavy atom. The van der Waals surface area contributed by atoms with Crippen molar-refractivity contribution in [2.24, 2.45) is 0 Å². The van der Waals surface area contributed by atoms with Crippen LogP contribution in [-0.4, -0.2) is 18.4 Å². The molecule has 0 bridgehead atoms. The van der Waals surface area contributed by atoms with E-state index in [0.29, 0.717) is 22.1 Å². The first-order valence-electron chi connectivity index (χ1n) is 6.49. The summed E-state index contributed by atoms with van der Waals surface area (Å²) in [4.78, 5) is 6.21. The molecule has 0 saturated heterocycles. The predicted octanol–water partition coefficient (Wildman–Crippen LogP) is 4.04. The zero-order valence-corrected chi connectivity index (χ0v) is 13.3.